The van der Waals surface area contributed by atoms with Gasteiger partial charge in [-0.2, -0.15) is 0 Å². The summed E-state index contributed by atoms with van der Waals surface area (Å²) in [6.45, 7) is 0. The van der Waals surface area contributed by atoms with Crippen molar-refractivity contribution in [2.45, 2.75) is 7.59 Å². The maximum Gasteiger partial charge on any atom is 0.216 e. The molecule has 0 atom stereocenters. The lowest BCUT2D eigenvalue weighted by atomic mass is 10.0. The van der Waals surface area contributed by atoms with Crippen LogP contribution in [0.1, 0.15) is 22.3 Å². The minimum absolute atomic E-state index is 0.621. The van der Waals surface area contributed by atoms with E-state index in [-0.39, 0.29) is 0 Å². The summed E-state index contributed by atoms with van der Waals surface area (Å²) in [5.74, 6) is 0. The van der Waals surface area contributed by atoms with E-state index in [2.05, 4.69) is 0 Å². The molecule has 0 aliphatic heterocycles. The first kappa shape index (κ1) is 17.5. The van der Waals surface area contributed by atoms with E-state index in [0.29, 0.717) is 11.1 Å². The predicted octanol–water partition coefficient (Wildman–Crippen LogP) is 6.94. The Bertz CT molecular complexity index is 535. The number of rotatable bonds is 2. The highest BCUT2D eigenvalue weighted by Crippen LogP contribution is 2.39. The second-order valence-corrected chi connectivity index (χ2v) is 8.95. The van der Waals surface area contributed by atoms with Crippen molar-refractivity contribution < 1.29 is 0 Å². The highest BCUT2D eigenvalue weighted by atomic mass is 35.6. The lowest BCUT2D eigenvalue weighted by molar-refractivity contribution is 1.22. The summed E-state index contributed by atoms with van der Waals surface area (Å²) in [4.78, 5) is 0. The number of hydrogen-bond donors (Lipinski definition) is 0. The summed E-state index contributed by atoms with van der Waals surface area (Å²) < 4.78 is -2.82. The van der Waals surface area contributed by atoms with Gasteiger partial charge in [-0.1, -0.05) is 118 Å². The van der Waals surface area contributed by atoms with E-state index in [1.165, 1.54) is 0 Å². The maximum absolute atomic E-state index is 5.81. The van der Waals surface area contributed by atoms with Crippen molar-refractivity contribution in [3.05, 3.63) is 77.2 Å². The van der Waals surface area contributed by atoms with Crippen LogP contribution in [0.25, 0.3) is 0 Å². The Morgan fingerprint density at radius 3 is 1.05 bits per heavy atom. The molecule has 0 N–H and O–H groups in total. The summed E-state index contributed by atoms with van der Waals surface area (Å²) >= 11 is 34.9. The molecule has 21 heavy (non-hydrogen) atoms. The second-order valence-electron chi connectivity index (χ2n) is 4.38. The molecule has 0 bridgehead atoms. The molecule has 2 aromatic carbocycles. The summed E-state index contributed by atoms with van der Waals surface area (Å²) in [5, 5.41) is 0. The summed E-state index contributed by atoms with van der Waals surface area (Å²) in [7, 11) is 0. The van der Waals surface area contributed by atoms with Crippen molar-refractivity contribution >= 4 is 69.6 Å². The Labute approximate surface area is 153 Å². The van der Waals surface area contributed by atoms with Crippen molar-refractivity contribution in [1.29, 1.82) is 0 Å². The SMILES string of the molecule is ClC(Cl)(Cl)c1ccc([CH]c2ccc(C(Cl)(Cl)Cl)cc2)cc1. The van der Waals surface area contributed by atoms with Gasteiger partial charge in [-0.3, -0.25) is 0 Å². The third-order valence-electron chi connectivity index (χ3n) is 2.81. The molecule has 0 heterocycles. The molecular weight excluding hydrogens is 393 g/mol. The molecule has 0 nitrogen and oxygen atoms in total. The van der Waals surface area contributed by atoms with Crippen molar-refractivity contribution in [1.82, 2.24) is 0 Å². The lowest BCUT2D eigenvalue weighted by Crippen LogP contribution is -2.00. The van der Waals surface area contributed by atoms with Crippen molar-refractivity contribution in [2.75, 3.05) is 0 Å². The topological polar surface area (TPSA) is 0 Å². The molecule has 0 aliphatic carbocycles. The van der Waals surface area contributed by atoms with E-state index in [1.807, 2.05) is 30.7 Å². The van der Waals surface area contributed by atoms with E-state index in [9.17, 15) is 0 Å². The lowest BCUT2D eigenvalue weighted by Gasteiger charge is -2.13. The van der Waals surface area contributed by atoms with Gasteiger partial charge in [0.15, 0.2) is 0 Å². The van der Waals surface area contributed by atoms with Crippen LogP contribution < -0.4 is 0 Å². The van der Waals surface area contributed by atoms with E-state index < -0.39 is 7.59 Å². The molecule has 0 saturated heterocycles. The summed E-state index contributed by atoms with van der Waals surface area (Å²) in [6, 6.07) is 14.6. The van der Waals surface area contributed by atoms with Gasteiger partial charge in [-0.05, 0) is 11.1 Å². The Balaban J connectivity index is 2.12. The van der Waals surface area contributed by atoms with E-state index in [1.54, 1.807) is 24.3 Å². The van der Waals surface area contributed by atoms with E-state index in [0.717, 1.165) is 11.1 Å². The van der Waals surface area contributed by atoms with Crippen LogP contribution in [-0.2, 0) is 7.59 Å². The fourth-order valence-electron chi connectivity index (χ4n) is 1.73. The van der Waals surface area contributed by atoms with Gasteiger partial charge in [0.05, 0.1) is 0 Å². The van der Waals surface area contributed by atoms with Crippen molar-refractivity contribution in [2.24, 2.45) is 0 Å². The zero-order chi connectivity index (χ0) is 15.7. The van der Waals surface area contributed by atoms with Gasteiger partial charge in [0.25, 0.3) is 0 Å². The quantitative estimate of drug-likeness (QED) is 0.478. The van der Waals surface area contributed by atoms with Crippen LogP contribution in [0.2, 0.25) is 0 Å². The first-order valence-corrected chi connectivity index (χ1v) is 8.12. The fourth-order valence-corrected chi connectivity index (χ4v) is 2.49. The number of alkyl halides is 6. The van der Waals surface area contributed by atoms with Crippen molar-refractivity contribution in [3.8, 4) is 0 Å². The van der Waals surface area contributed by atoms with E-state index >= 15 is 0 Å². The molecule has 0 aromatic heterocycles. The number of hydrogen-bond acceptors (Lipinski definition) is 0. The van der Waals surface area contributed by atoms with Gasteiger partial charge in [-0.25, -0.2) is 0 Å². The van der Waals surface area contributed by atoms with Crippen LogP contribution >= 0.6 is 69.6 Å². The molecule has 1 radical (unpaired) electrons. The van der Waals surface area contributed by atoms with Gasteiger partial charge in [0.2, 0.25) is 7.59 Å². The monoisotopic (exact) mass is 399 g/mol. The average Bonchev–Trinajstić information content (AvgIpc) is 2.38. The molecule has 0 amide bonds. The molecule has 0 fully saturated rings. The molecule has 6 heteroatoms. The van der Waals surface area contributed by atoms with Crippen LogP contribution in [0, 0.1) is 6.42 Å². The van der Waals surface area contributed by atoms with Crippen LogP contribution in [0.3, 0.4) is 0 Å². The molecule has 0 aliphatic rings. The maximum atomic E-state index is 5.81. The minimum atomic E-state index is -1.41. The Morgan fingerprint density at radius 2 is 0.810 bits per heavy atom. The normalized spacial score (nSPS) is 12.5. The fraction of sp³-hybridized carbons (Fsp3) is 0.133. The Morgan fingerprint density at radius 1 is 0.524 bits per heavy atom. The first-order valence-electron chi connectivity index (χ1n) is 5.85. The second kappa shape index (κ2) is 6.74. The van der Waals surface area contributed by atoms with Gasteiger partial charge >= 0.3 is 0 Å². The van der Waals surface area contributed by atoms with Crippen LogP contribution in [-0.4, -0.2) is 0 Å². The van der Waals surface area contributed by atoms with Crippen LogP contribution in [0.15, 0.2) is 48.5 Å². The number of benzene rings is 2. The molecular formula is C15H9Cl6. The van der Waals surface area contributed by atoms with Crippen LogP contribution in [0.4, 0.5) is 0 Å². The van der Waals surface area contributed by atoms with Gasteiger partial charge in [0, 0.05) is 17.5 Å². The molecule has 111 valence electrons. The molecule has 2 rings (SSSR count). The van der Waals surface area contributed by atoms with Gasteiger partial charge in [-0.15, -0.1) is 0 Å². The predicted molar refractivity (Wildman–Crippen MR) is 93.9 cm³/mol. The largest absolute Gasteiger partial charge is 0.216 e. The smallest absolute Gasteiger partial charge is 0.0784 e. The summed E-state index contributed by atoms with van der Waals surface area (Å²) in [5.41, 5.74) is 3.21. The van der Waals surface area contributed by atoms with Crippen molar-refractivity contribution in [3.63, 3.8) is 0 Å². The summed E-state index contributed by atoms with van der Waals surface area (Å²) in [6.07, 6.45) is 1.98. The van der Waals surface area contributed by atoms with Gasteiger partial charge < -0.3 is 0 Å². The first-order chi connectivity index (χ1) is 9.66. The molecule has 2 aromatic rings. The highest BCUT2D eigenvalue weighted by Gasteiger charge is 2.23. The Hall–Kier alpha value is 0.180. The highest BCUT2D eigenvalue weighted by molar-refractivity contribution is 6.67. The third kappa shape index (κ3) is 5.10. The van der Waals surface area contributed by atoms with Crippen LogP contribution in [0.5, 0.6) is 0 Å². The molecule has 0 saturated carbocycles. The molecule has 0 spiro atoms. The average molecular weight is 402 g/mol. The zero-order valence-corrected chi connectivity index (χ0v) is 15.0. The molecule has 0 unspecified atom stereocenters. The standard InChI is InChI=1S/C15H9Cl6/c16-14(17,18)12-5-1-10(2-6-12)9-11-3-7-13(8-4-11)15(19,20)21/h1-9H. The number of halogens is 6. The minimum Gasteiger partial charge on any atom is -0.0784 e. The van der Waals surface area contributed by atoms with Gasteiger partial charge in [0.1, 0.15) is 0 Å². The Kier molecular flexibility index (Phi) is 5.63. The third-order valence-corrected chi connectivity index (χ3v) is 4.12. The van der Waals surface area contributed by atoms with E-state index in [4.69, 9.17) is 69.6 Å². The zero-order valence-electron chi connectivity index (χ0n) is 10.5.